The Morgan fingerprint density at radius 2 is 1.85 bits per heavy atom. The lowest BCUT2D eigenvalue weighted by molar-refractivity contribution is 0.103. The molecule has 0 radical (unpaired) electrons. The molecule has 0 atom stereocenters. The quantitative estimate of drug-likeness (QED) is 0.872. The summed E-state index contributed by atoms with van der Waals surface area (Å²) in [5.74, 6) is -2.30. The Hall–Kier alpha value is -2.07. The van der Waals surface area contributed by atoms with Crippen molar-refractivity contribution in [3.05, 3.63) is 70.3 Å². The van der Waals surface area contributed by atoms with E-state index in [2.05, 4.69) is 0 Å². The van der Waals surface area contributed by atoms with Gasteiger partial charge < -0.3 is 5.73 Å². The Bertz CT molecular complexity index is 653. The van der Waals surface area contributed by atoms with Crippen LogP contribution in [0, 0.1) is 18.6 Å². The van der Waals surface area contributed by atoms with Gasteiger partial charge in [0.05, 0.1) is 5.56 Å². The van der Waals surface area contributed by atoms with Gasteiger partial charge in [0.1, 0.15) is 11.6 Å². The normalized spacial score (nSPS) is 10.6. The van der Waals surface area contributed by atoms with Gasteiger partial charge >= 0.3 is 0 Å². The van der Waals surface area contributed by atoms with Gasteiger partial charge in [-0.2, -0.15) is 0 Å². The van der Waals surface area contributed by atoms with Crippen molar-refractivity contribution in [3.8, 4) is 0 Å². The van der Waals surface area contributed by atoms with E-state index in [-0.39, 0.29) is 5.56 Å². The molecule has 2 nitrogen and oxygen atoms in total. The molecule has 0 aliphatic heterocycles. The summed E-state index contributed by atoms with van der Waals surface area (Å²) in [4.78, 5) is 12.4. The van der Waals surface area contributed by atoms with Crippen molar-refractivity contribution < 1.29 is 13.6 Å². The molecule has 0 bridgehead atoms. The summed E-state index contributed by atoms with van der Waals surface area (Å²) in [5, 5.41) is 0. The van der Waals surface area contributed by atoms with Crippen molar-refractivity contribution in [1.82, 2.24) is 0 Å². The molecule has 0 unspecified atom stereocenters. The minimum atomic E-state index is -0.847. The van der Waals surface area contributed by atoms with Crippen LogP contribution >= 0.6 is 0 Å². The fraction of sp³-hybridized carbons (Fsp3) is 0.188. The molecule has 2 aromatic rings. The number of ketones is 1. The highest BCUT2D eigenvalue weighted by atomic mass is 19.1. The lowest BCUT2D eigenvalue weighted by atomic mass is 9.95. The molecule has 20 heavy (non-hydrogen) atoms. The van der Waals surface area contributed by atoms with Crippen molar-refractivity contribution in [2.24, 2.45) is 5.73 Å². The minimum absolute atomic E-state index is 0.242. The zero-order valence-corrected chi connectivity index (χ0v) is 11.1. The maximum atomic E-state index is 14.0. The van der Waals surface area contributed by atoms with E-state index in [0.717, 1.165) is 6.07 Å². The number of benzene rings is 2. The molecular weight excluding hydrogens is 260 g/mol. The largest absolute Gasteiger partial charge is 0.330 e. The van der Waals surface area contributed by atoms with Gasteiger partial charge in [-0.1, -0.05) is 30.3 Å². The molecule has 0 aromatic heterocycles. The fourth-order valence-electron chi connectivity index (χ4n) is 2.11. The molecule has 2 aromatic carbocycles. The first kappa shape index (κ1) is 14.3. The first-order valence-electron chi connectivity index (χ1n) is 6.33. The van der Waals surface area contributed by atoms with E-state index in [4.69, 9.17) is 5.73 Å². The number of carbonyl (C=O) groups excluding carboxylic acids is 1. The van der Waals surface area contributed by atoms with Crippen molar-refractivity contribution in [3.63, 3.8) is 0 Å². The second-order valence-electron chi connectivity index (χ2n) is 4.58. The molecule has 0 heterocycles. The van der Waals surface area contributed by atoms with Gasteiger partial charge in [0.2, 0.25) is 0 Å². The number of hydrogen-bond donors (Lipinski definition) is 1. The molecule has 0 amide bonds. The predicted molar refractivity (Wildman–Crippen MR) is 73.7 cm³/mol. The topological polar surface area (TPSA) is 43.1 Å². The number of aryl methyl sites for hydroxylation is 1. The van der Waals surface area contributed by atoms with E-state index in [1.165, 1.54) is 13.0 Å². The Morgan fingerprint density at radius 1 is 1.15 bits per heavy atom. The summed E-state index contributed by atoms with van der Waals surface area (Å²) >= 11 is 0. The first-order valence-corrected chi connectivity index (χ1v) is 6.33. The van der Waals surface area contributed by atoms with Crippen LogP contribution in [0.25, 0.3) is 0 Å². The van der Waals surface area contributed by atoms with Crippen LogP contribution < -0.4 is 5.73 Å². The first-order chi connectivity index (χ1) is 9.56. The standard InChI is InChI=1S/C16H15F2NO/c1-10-6-7-13(17)14(15(10)18)16(20)12-5-3-2-4-11(12)8-9-19/h2-7H,8-9,19H2,1H3. The SMILES string of the molecule is Cc1ccc(F)c(C(=O)c2ccccc2CCN)c1F. The molecule has 0 aliphatic carbocycles. The van der Waals surface area contributed by atoms with E-state index in [1.54, 1.807) is 24.3 Å². The third-order valence-electron chi connectivity index (χ3n) is 3.19. The Labute approximate surface area is 116 Å². The van der Waals surface area contributed by atoms with Crippen LogP contribution in [-0.2, 0) is 6.42 Å². The number of nitrogens with two attached hydrogens (primary N) is 1. The molecule has 2 N–H and O–H groups in total. The average molecular weight is 275 g/mol. The van der Waals surface area contributed by atoms with Gasteiger partial charge in [-0.3, -0.25) is 4.79 Å². The highest BCUT2D eigenvalue weighted by Crippen LogP contribution is 2.22. The van der Waals surface area contributed by atoms with Crippen molar-refractivity contribution in [2.75, 3.05) is 6.54 Å². The summed E-state index contributed by atoms with van der Waals surface area (Å²) < 4.78 is 27.8. The van der Waals surface area contributed by atoms with Gasteiger partial charge in [0, 0.05) is 5.56 Å². The van der Waals surface area contributed by atoms with Gasteiger partial charge in [-0.15, -0.1) is 0 Å². The van der Waals surface area contributed by atoms with Gasteiger partial charge in [-0.05, 0) is 37.1 Å². The number of halogens is 2. The highest BCUT2D eigenvalue weighted by molar-refractivity contribution is 6.10. The van der Waals surface area contributed by atoms with Crippen LogP contribution in [0.3, 0.4) is 0 Å². The Kier molecular flexibility index (Phi) is 4.25. The van der Waals surface area contributed by atoms with Crippen LogP contribution in [0.1, 0.15) is 27.0 Å². The lowest BCUT2D eigenvalue weighted by Gasteiger charge is -2.10. The second kappa shape index (κ2) is 5.92. The maximum Gasteiger partial charge on any atom is 0.199 e. The molecule has 104 valence electrons. The number of hydrogen-bond acceptors (Lipinski definition) is 2. The van der Waals surface area contributed by atoms with Crippen LogP contribution in [0.2, 0.25) is 0 Å². The summed E-state index contributed by atoms with van der Waals surface area (Å²) in [6, 6.07) is 9.16. The molecule has 0 aliphatic rings. The lowest BCUT2D eigenvalue weighted by Crippen LogP contribution is -2.13. The van der Waals surface area contributed by atoms with E-state index >= 15 is 0 Å². The van der Waals surface area contributed by atoms with Gasteiger partial charge in [0.25, 0.3) is 0 Å². The van der Waals surface area contributed by atoms with E-state index < -0.39 is 23.0 Å². The van der Waals surface area contributed by atoms with Crippen LogP contribution in [0.15, 0.2) is 36.4 Å². The Morgan fingerprint density at radius 3 is 2.55 bits per heavy atom. The van der Waals surface area contributed by atoms with Gasteiger partial charge in [-0.25, -0.2) is 8.78 Å². The summed E-state index contributed by atoms with van der Waals surface area (Å²) in [6.07, 6.45) is 0.483. The third kappa shape index (κ3) is 2.60. The average Bonchev–Trinajstić information content (AvgIpc) is 2.44. The predicted octanol–water partition coefficient (Wildman–Crippen LogP) is 3.01. The number of carbonyl (C=O) groups is 1. The number of rotatable bonds is 4. The zero-order valence-electron chi connectivity index (χ0n) is 11.1. The van der Waals surface area contributed by atoms with Crippen molar-refractivity contribution in [1.29, 1.82) is 0 Å². The molecule has 0 saturated carbocycles. The third-order valence-corrected chi connectivity index (χ3v) is 3.19. The van der Waals surface area contributed by atoms with Crippen LogP contribution in [0.4, 0.5) is 8.78 Å². The molecular formula is C16H15F2NO. The molecule has 0 fully saturated rings. The Balaban J connectivity index is 2.55. The highest BCUT2D eigenvalue weighted by Gasteiger charge is 2.22. The van der Waals surface area contributed by atoms with Crippen LogP contribution in [0.5, 0.6) is 0 Å². The fourth-order valence-corrected chi connectivity index (χ4v) is 2.11. The second-order valence-corrected chi connectivity index (χ2v) is 4.58. The zero-order chi connectivity index (χ0) is 14.7. The van der Waals surface area contributed by atoms with E-state index in [0.29, 0.717) is 24.1 Å². The van der Waals surface area contributed by atoms with E-state index in [1.807, 2.05) is 0 Å². The summed E-state index contributed by atoms with van der Waals surface area (Å²) in [5.41, 5.74) is 6.22. The maximum absolute atomic E-state index is 14.0. The summed E-state index contributed by atoms with van der Waals surface area (Å²) in [7, 11) is 0. The molecule has 2 rings (SSSR count). The van der Waals surface area contributed by atoms with Crippen molar-refractivity contribution >= 4 is 5.78 Å². The molecule has 0 saturated heterocycles. The van der Waals surface area contributed by atoms with Crippen molar-refractivity contribution in [2.45, 2.75) is 13.3 Å². The van der Waals surface area contributed by atoms with E-state index in [9.17, 15) is 13.6 Å². The summed E-state index contributed by atoms with van der Waals surface area (Å²) in [6.45, 7) is 1.86. The van der Waals surface area contributed by atoms with Crippen LogP contribution in [-0.4, -0.2) is 12.3 Å². The molecule has 0 spiro atoms. The smallest absolute Gasteiger partial charge is 0.199 e. The molecule has 4 heteroatoms. The van der Waals surface area contributed by atoms with Gasteiger partial charge in [0.15, 0.2) is 5.78 Å². The minimum Gasteiger partial charge on any atom is -0.330 e. The monoisotopic (exact) mass is 275 g/mol.